The van der Waals surface area contributed by atoms with E-state index in [1.807, 2.05) is 48.5 Å². The second-order valence-corrected chi connectivity index (χ2v) is 5.37. The number of ether oxygens (including phenoxy) is 2. The molecule has 1 aromatic heterocycles. The van der Waals surface area contributed by atoms with Gasteiger partial charge in [-0.2, -0.15) is 10.2 Å². The topological polar surface area (TPSA) is 88.6 Å². The molecule has 1 amide bonds. The maximum Gasteiger partial charge on any atom is 0.289 e. The van der Waals surface area contributed by atoms with Gasteiger partial charge in [0, 0.05) is 5.56 Å². The van der Waals surface area contributed by atoms with E-state index in [9.17, 15) is 4.79 Å². The van der Waals surface area contributed by atoms with E-state index < -0.39 is 0 Å². The van der Waals surface area contributed by atoms with E-state index in [0.29, 0.717) is 11.4 Å². The Morgan fingerprint density at radius 1 is 1.08 bits per heavy atom. The van der Waals surface area contributed by atoms with Gasteiger partial charge in [-0.15, -0.1) is 0 Å². The van der Waals surface area contributed by atoms with Gasteiger partial charge in [0.25, 0.3) is 5.91 Å². The molecule has 0 saturated carbocycles. The molecular formula is C19H18N4O3. The van der Waals surface area contributed by atoms with Gasteiger partial charge >= 0.3 is 0 Å². The molecule has 0 fully saturated rings. The van der Waals surface area contributed by atoms with E-state index in [4.69, 9.17) is 9.47 Å². The molecule has 3 rings (SSSR count). The third kappa shape index (κ3) is 4.07. The van der Waals surface area contributed by atoms with Gasteiger partial charge in [-0.05, 0) is 48.0 Å². The maximum absolute atomic E-state index is 12.2. The molecule has 0 aliphatic carbocycles. The van der Waals surface area contributed by atoms with E-state index in [1.54, 1.807) is 26.5 Å². The molecular weight excluding hydrogens is 332 g/mol. The van der Waals surface area contributed by atoms with Crippen LogP contribution in [0.5, 0.6) is 11.5 Å². The van der Waals surface area contributed by atoms with Gasteiger partial charge in [0.05, 0.1) is 26.1 Å². The Morgan fingerprint density at radius 2 is 1.85 bits per heavy atom. The first-order chi connectivity index (χ1) is 12.7. The number of hydrazone groups is 1. The van der Waals surface area contributed by atoms with Crippen molar-refractivity contribution in [3.63, 3.8) is 0 Å². The van der Waals surface area contributed by atoms with Gasteiger partial charge < -0.3 is 9.47 Å². The molecule has 0 saturated heterocycles. The first kappa shape index (κ1) is 17.2. The van der Waals surface area contributed by atoms with Crippen LogP contribution in [0.25, 0.3) is 11.3 Å². The number of carbonyl (C=O) groups excluding carboxylic acids is 1. The van der Waals surface area contributed by atoms with Crippen LogP contribution in [0.3, 0.4) is 0 Å². The molecule has 2 N–H and O–H groups in total. The zero-order valence-electron chi connectivity index (χ0n) is 14.4. The van der Waals surface area contributed by atoms with Crippen LogP contribution in [0.1, 0.15) is 16.1 Å². The minimum absolute atomic E-state index is 0.315. The Balaban J connectivity index is 1.64. The van der Waals surface area contributed by atoms with Crippen LogP contribution < -0.4 is 14.9 Å². The highest BCUT2D eigenvalue weighted by atomic mass is 16.5. The van der Waals surface area contributed by atoms with Crippen LogP contribution in [-0.4, -0.2) is 36.5 Å². The van der Waals surface area contributed by atoms with Crippen molar-refractivity contribution >= 4 is 12.1 Å². The molecule has 0 unspecified atom stereocenters. The lowest BCUT2D eigenvalue weighted by atomic mass is 10.1. The summed E-state index contributed by atoms with van der Waals surface area (Å²) in [5, 5.41) is 10.8. The van der Waals surface area contributed by atoms with Crippen LogP contribution in [0.4, 0.5) is 0 Å². The molecule has 7 nitrogen and oxygen atoms in total. The summed E-state index contributed by atoms with van der Waals surface area (Å²) in [5.74, 6) is 1.10. The molecule has 0 aliphatic heterocycles. The number of hydrogen-bond donors (Lipinski definition) is 2. The van der Waals surface area contributed by atoms with Crippen molar-refractivity contribution in [3.8, 4) is 22.8 Å². The predicted octanol–water partition coefficient (Wildman–Crippen LogP) is 2.86. The highest BCUT2D eigenvalue weighted by Gasteiger charge is 2.10. The zero-order valence-corrected chi connectivity index (χ0v) is 14.4. The summed E-state index contributed by atoms with van der Waals surface area (Å²) in [6.45, 7) is 0. The SMILES string of the molecule is COc1ccc(/C=N\NC(=O)c2cc(-c3cccc(OC)c3)n[nH]2)cc1. The molecule has 0 spiro atoms. The Morgan fingerprint density at radius 3 is 2.58 bits per heavy atom. The number of rotatable bonds is 6. The van der Waals surface area contributed by atoms with E-state index in [-0.39, 0.29) is 5.91 Å². The monoisotopic (exact) mass is 350 g/mol. The average molecular weight is 350 g/mol. The molecule has 0 radical (unpaired) electrons. The molecule has 2 aromatic carbocycles. The summed E-state index contributed by atoms with van der Waals surface area (Å²) in [6, 6.07) is 16.4. The van der Waals surface area contributed by atoms with Crippen molar-refractivity contribution in [3.05, 3.63) is 65.9 Å². The summed E-state index contributed by atoms with van der Waals surface area (Å²) in [4.78, 5) is 12.2. The number of H-pyrrole nitrogens is 1. The van der Waals surface area contributed by atoms with Crippen LogP contribution in [0, 0.1) is 0 Å². The first-order valence-electron chi connectivity index (χ1n) is 7.87. The van der Waals surface area contributed by atoms with Crippen LogP contribution in [0.2, 0.25) is 0 Å². The van der Waals surface area contributed by atoms with E-state index in [2.05, 4.69) is 20.7 Å². The number of carbonyl (C=O) groups is 1. The highest BCUT2D eigenvalue weighted by Crippen LogP contribution is 2.22. The highest BCUT2D eigenvalue weighted by molar-refractivity contribution is 5.94. The molecule has 0 aliphatic rings. The Labute approximate surface area is 150 Å². The fourth-order valence-electron chi connectivity index (χ4n) is 2.28. The number of amides is 1. The summed E-state index contributed by atoms with van der Waals surface area (Å²) in [6.07, 6.45) is 1.55. The van der Waals surface area contributed by atoms with Crippen LogP contribution >= 0.6 is 0 Å². The predicted molar refractivity (Wildman–Crippen MR) is 98.6 cm³/mol. The summed E-state index contributed by atoms with van der Waals surface area (Å²) in [7, 11) is 3.21. The third-order valence-electron chi connectivity index (χ3n) is 3.68. The molecule has 132 valence electrons. The quantitative estimate of drug-likeness (QED) is 0.528. The fraction of sp³-hybridized carbons (Fsp3) is 0.105. The number of aromatic nitrogens is 2. The minimum Gasteiger partial charge on any atom is -0.497 e. The van der Waals surface area contributed by atoms with E-state index in [0.717, 1.165) is 22.6 Å². The molecule has 0 atom stereocenters. The molecule has 7 heteroatoms. The van der Waals surface area contributed by atoms with Crippen molar-refractivity contribution in [2.24, 2.45) is 5.10 Å². The van der Waals surface area contributed by atoms with Gasteiger partial charge in [-0.25, -0.2) is 5.43 Å². The summed E-state index contributed by atoms with van der Waals surface area (Å²) >= 11 is 0. The van der Waals surface area contributed by atoms with Crippen molar-refractivity contribution in [1.82, 2.24) is 15.6 Å². The largest absolute Gasteiger partial charge is 0.497 e. The third-order valence-corrected chi connectivity index (χ3v) is 3.68. The number of nitrogens with one attached hydrogen (secondary N) is 2. The van der Waals surface area contributed by atoms with Gasteiger partial charge in [-0.3, -0.25) is 9.89 Å². The van der Waals surface area contributed by atoms with Crippen LogP contribution in [0.15, 0.2) is 59.7 Å². The smallest absolute Gasteiger partial charge is 0.289 e. The second-order valence-electron chi connectivity index (χ2n) is 5.37. The molecule has 3 aromatic rings. The number of aromatic amines is 1. The average Bonchev–Trinajstić information content (AvgIpc) is 3.19. The normalized spacial score (nSPS) is 10.7. The fourth-order valence-corrected chi connectivity index (χ4v) is 2.28. The number of nitrogens with zero attached hydrogens (tertiary/aromatic N) is 2. The standard InChI is InChI=1S/C19H18N4O3/c1-25-15-8-6-13(7-9-15)12-20-23-19(24)18-11-17(21-22-18)14-4-3-5-16(10-14)26-2/h3-12H,1-2H3,(H,21,22)(H,23,24)/b20-12-. The second kappa shape index (κ2) is 7.98. The first-order valence-corrected chi connectivity index (χ1v) is 7.87. The van der Waals surface area contributed by atoms with Crippen molar-refractivity contribution in [2.45, 2.75) is 0 Å². The minimum atomic E-state index is -0.378. The Bertz CT molecular complexity index is 917. The molecule has 0 bridgehead atoms. The Kier molecular flexibility index (Phi) is 5.28. The summed E-state index contributed by atoms with van der Waals surface area (Å²) in [5.41, 5.74) is 5.12. The zero-order chi connectivity index (χ0) is 18.4. The number of hydrogen-bond acceptors (Lipinski definition) is 5. The lowest BCUT2D eigenvalue weighted by molar-refractivity contribution is 0.0950. The van der Waals surface area contributed by atoms with Crippen LogP contribution in [-0.2, 0) is 0 Å². The summed E-state index contributed by atoms with van der Waals surface area (Å²) < 4.78 is 10.3. The van der Waals surface area contributed by atoms with Crippen molar-refractivity contribution in [1.29, 1.82) is 0 Å². The van der Waals surface area contributed by atoms with E-state index in [1.165, 1.54) is 0 Å². The van der Waals surface area contributed by atoms with Crippen molar-refractivity contribution in [2.75, 3.05) is 14.2 Å². The van der Waals surface area contributed by atoms with Gasteiger partial charge in [-0.1, -0.05) is 12.1 Å². The Hall–Kier alpha value is -3.61. The molecule has 1 heterocycles. The molecule has 26 heavy (non-hydrogen) atoms. The lowest BCUT2D eigenvalue weighted by Crippen LogP contribution is -2.17. The maximum atomic E-state index is 12.2. The van der Waals surface area contributed by atoms with Gasteiger partial charge in [0.15, 0.2) is 0 Å². The van der Waals surface area contributed by atoms with Crippen molar-refractivity contribution < 1.29 is 14.3 Å². The van der Waals surface area contributed by atoms with Gasteiger partial charge in [0.1, 0.15) is 17.2 Å². The number of methoxy groups -OCH3 is 2. The lowest BCUT2D eigenvalue weighted by Gasteiger charge is -2.01. The number of benzene rings is 2. The van der Waals surface area contributed by atoms with E-state index >= 15 is 0 Å². The van der Waals surface area contributed by atoms with Gasteiger partial charge in [0.2, 0.25) is 0 Å².